The summed E-state index contributed by atoms with van der Waals surface area (Å²) in [6.07, 6.45) is 3.63. The fourth-order valence-electron chi connectivity index (χ4n) is 2.92. The maximum atomic E-state index is 14.9. The molecule has 0 aromatic heterocycles. The first-order chi connectivity index (χ1) is 11.9. The van der Waals surface area contributed by atoms with Crippen molar-refractivity contribution in [1.82, 2.24) is 0 Å². The van der Waals surface area contributed by atoms with Gasteiger partial charge in [-0.25, -0.2) is 13.6 Å². The van der Waals surface area contributed by atoms with E-state index in [1.807, 2.05) is 13.0 Å². The molecule has 1 heterocycles. The second kappa shape index (κ2) is 6.55. The first-order valence-electron chi connectivity index (χ1n) is 7.89. The second-order valence-electron chi connectivity index (χ2n) is 5.69. The summed E-state index contributed by atoms with van der Waals surface area (Å²) in [6.45, 7) is 3.67. The van der Waals surface area contributed by atoms with Crippen LogP contribution in [0.5, 0.6) is 5.75 Å². The zero-order valence-electron chi connectivity index (χ0n) is 13.8. The molecule has 2 aromatic rings. The van der Waals surface area contributed by atoms with Gasteiger partial charge in [0.2, 0.25) is 0 Å². The number of halogens is 2. The summed E-state index contributed by atoms with van der Waals surface area (Å²) < 4.78 is 33.8. The molecular weight excluding hydrogens is 328 g/mol. The number of nitrogens with zero attached hydrogens (tertiary/aromatic N) is 1. The molecular formula is C19H17F2NO3. The predicted octanol–water partition coefficient (Wildman–Crippen LogP) is 4.62. The van der Waals surface area contributed by atoms with E-state index in [1.54, 1.807) is 24.0 Å². The van der Waals surface area contributed by atoms with E-state index in [0.29, 0.717) is 11.3 Å². The number of carbonyl (C=O) groups is 1. The van der Waals surface area contributed by atoms with Gasteiger partial charge < -0.3 is 14.7 Å². The summed E-state index contributed by atoms with van der Waals surface area (Å²) >= 11 is 0. The molecule has 6 heteroatoms. The highest BCUT2D eigenvalue weighted by Crippen LogP contribution is 2.40. The molecule has 3 rings (SSSR count). The monoisotopic (exact) mass is 345 g/mol. The van der Waals surface area contributed by atoms with Crippen LogP contribution >= 0.6 is 0 Å². The van der Waals surface area contributed by atoms with Crippen molar-refractivity contribution < 1.29 is 23.4 Å². The van der Waals surface area contributed by atoms with Gasteiger partial charge in [0.15, 0.2) is 17.4 Å². The van der Waals surface area contributed by atoms with E-state index in [4.69, 9.17) is 9.84 Å². The lowest BCUT2D eigenvalue weighted by atomic mass is 10.00. The van der Waals surface area contributed by atoms with Crippen molar-refractivity contribution >= 4 is 23.4 Å². The summed E-state index contributed by atoms with van der Waals surface area (Å²) in [7, 11) is 0. The predicted molar refractivity (Wildman–Crippen MR) is 91.6 cm³/mol. The van der Waals surface area contributed by atoms with E-state index in [9.17, 15) is 13.6 Å². The van der Waals surface area contributed by atoms with Crippen LogP contribution in [0.4, 0.5) is 20.2 Å². The summed E-state index contributed by atoms with van der Waals surface area (Å²) in [4.78, 5) is 12.8. The lowest BCUT2D eigenvalue weighted by Crippen LogP contribution is -2.30. The first kappa shape index (κ1) is 17.0. The van der Waals surface area contributed by atoms with Gasteiger partial charge in [-0.05, 0) is 49.7 Å². The summed E-state index contributed by atoms with van der Waals surface area (Å²) in [5, 5.41) is 9.14. The van der Waals surface area contributed by atoms with Crippen molar-refractivity contribution in [1.29, 1.82) is 0 Å². The zero-order valence-corrected chi connectivity index (χ0v) is 13.8. The average molecular weight is 345 g/mol. The van der Waals surface area contributed by atoms with E-state index in [1.165, 1.54) is 24.3 Å². The Morgan fingerprint density at radius 1 is 1.24 bits per heavy atom. The van der Waals surface area contributed by atoms with Gasteiger partial charge in [-0.2, -0.15) is 0 Å². The average Bonchev–Trinajstić information content (AvgIpc) is 2.59. The van der Waals surface area contributed by atoms with Crippen LogP contribution in [0.3, 0.4) is 0 Å². The summed E-state index contributed by atoms with van der Waals surface area (Å²) in [6, 6.07) is 6.94. The normalized spacial score (nSPS) is 15.8. The van der Waals surface area contributed by atoms with Crippen LogP contribution in [0.1, 0.15) is 29.8 Å². The minimum Gasteiger partial charge on any atom is -0.488 e. The smallest absolute Gasteiger partial charge is 0.335 e. The van der Waals surface area contributed by atoms with Crippen molar-refractivity contribution in [2.75, 3.05) is 11.5 Å². The number of fused-ring (bicyclic) bond motifs is 1. The van der Waals surface area contributed by atoms with Crippen molar-refractivity contribution in [3.05, 3.63) is 59.2 Å². The van der Waals surface area contributed by atoms with E-state index < -0.39 is 23.4 Å². The molecule has 0 saturated carbocycles. The van der Waals surface area contributed by atoms with Crippen molar-refractivity contribution in [2.45, 2.75) is 19.9 Å². The number of carboxylic acid groups (broad SMARTS) is 1. The van der Waals surface area contributed by atoms with Crippen LogP contribution in [-0.2, 0) is 0 Å². The molecule has 0 amide bonds. The van der Waals surface area contributed by atoms with Crippen LogP contribution < -0.4 is 9.64 Å². The molecule has 1 aliphatic heterocycles. The van der Waals surface area contributed by atoms with Gasteiger partial charge in [0.05, 0.1) is 17.9 Å². The van der Waals surface area contributed by atoms with Gasteiger partial charge in [-0.3, -0.25) is 0 Å². The van der Waals surface area contributed by atoms with Crippen molar-refractivity contribution in [3.63, 3.8) is 0 Å². The number of anilines is 2. The summed E-state index contributed by atoms with van der Waals surface area (Å²) in [5.41, 5.74) is 1.62. The molecule has 1 unspecified atom stereocenters. The number of ether oxygens (including phenoxy) is 1. The molecule has 2 aromatic carbocycles. The minimum atomic E-state index is -1.03. The maximum absolute atomic E-state index is 14.9. The van der Waals surface area contributed by atoms with E-state index >= 15 is 0 Å². The molecule has 0 bridgehead atoms. The van der Waals surface area contributed by atoms with Gasteiger partial charge in [0.1, 0.15) is 0 Å². The third-order valence-corrected chi connectivity index (χ3v) is 4.07. The van der Waals surface area contributed by atoms with Gasteiger partial charge >= 0.3 is 5.97 Å². The summed E-state index contributed by atoms with van der Waals surface area (Å²) in [5.74, 6) is -2.99. The van der Waals surface area contributed by atoms with Crippen LogP contribution in [-0.4, -0.2) is 23.7 Å². The van der Waals surface area contributed by atoms with E-state index in [0.717, 1.165) is 0 Å². The molecule has 0 radical (unpaired) electrons. The zero-order chi connectivity index (χ0) is 18.1. The molecule has 1 N–H and O–H groups in total. The molecule has 1 atom stereocenters. The van der Waals surface area contributed by atoms with Crippen LogP contribution in [0.2, 0.25) is 0 Å². The van der Waals surface area contributed by atoms with Crippen molar-refractivity contribution in [2.24, 2.45) is 0 Å². The number of benzene rings is 2. The number of rotatable bonds is 4. The Bertz CT molecular complexity index is 864. The fraction of sp³-hybridized carbons (Fsp3) is 0.211. The Hall–Kier alpha value is -2.89. The minimum absolute atomic E-state index is 0.144. The molecule has 1 aliphatic rings. The molecule has 4 nitrogen and oxygen atoms in total. The number of carboxylic acids is 1. The van der Waals surface area contributed by atoms with Gasteiger partial charge in [-0.15, -0.1) is 0 Å². The quantitative estimate of drug-likeness (QED) is 0.879. The second-order valence-corrected chi connectivity index (χ2v) is 5.69. The third kappa shape index (κ3) is 2.95. The highest BCUT2D eigenvalue weighted by Gasteiger charge is 2.27. The van der Waals surface area contributed by atoms with E-state index in [2.05, 4.69) is 0 Å². The third-order valence-electron chi connectivity index (χ3n) is 4.07. The molecule has 0 spiro atoms. The van der Waals surface area contributed by atoms with Crippen LogP contribution in [0.25, 0.3) is 6.08 Å². The Morgan fingerprint density at radius 2 is 1.96 bits per heavy atom. The molecule has 25 heavy (non-hydrogen) atoms. The first-order valence-corrected chi connectivity index (χ1v) is 7.89. The van der Waals surface area contributed by atoms with Gasteiger partial charge in [0.25, 0.3) is 0 Å². The maximum Gasteiger partial charge on any atom is 0.335 e. The lowest BCUT2D eigenvalue weighted by Gasteiger charge is -2.34. The molecule has 0 fully saturated rings. The standard InChI is InChI=1S/C19H17F2NO3/c1-3-25-18-14(20)7-9-16(17(18)21)22-11(2)4-5-12-10-13(19(23)24)6-8-15(12)22/h4-11H,3H2,1-2H3,(H,23,24). The lowest BCUT2D eigenvalue weighted by molar-refractivity contribution is 0.0697. The Morgan fingerprint density at radius 3 is 2.64 bits per heavy atom. The van der Waals surface area contributed by atoms with Crippen LogP contribution in [0, 0.1) is 11.6 Å². The highest BCUT2D eigenvalue weighted by molar-refractivity contribution is 5.91. The van der Waals surface area contributed by atoms with Gasteiger partial charge in [0, 0.05) is 11.7 Å². The largest absolute Gasteiger partial charge is 0.488 e. The molecule has 0 aliphatic carbocycles. The SMILES string of the molecule is CCOc1c(F)ccc(N2c3ccc(C(=O)O)cc3C=CC2C)c1F. The number of aromatic carboxylic acids is 1. The molecule has 130 valence electrons. The number of hydrogen-bond donors (Lipinski definition) is 1. The van der Waals surface area contributed by atoms with Gasteiger partial charge in [-0.1, -0.05) is 12.2 Å². The van der Waals surface area contributed by atoms with Crippen molar-refractivity contribution in [3.8, 4) is 5.75 Å². The fourth-order valence-corrected chi connectivity index (χ4v) is 2.92. The highest BCUT2D eigenvalue weighted by atomic mass is 19.1. The Labute approximate surface area is 144 Å². The topological polar surface area (TPSA) is 49.8 Å². The Balaban J connectivity index is 2.14. The van der Waals surface area contributed by atoms with E-state index in [-0.39, 0.29) is 23.9 Å². The molecule has 0 saturated heterocycles. The van der Waals surface area contributed by atoms with Crippen LogP contribution in [0.15, 0.2) is 36.4 Å². The number of hydrogen-bond acceptors (Lipinski definition) is 3. The Kier molecular flexibility index (Phi) is 4.44.